The van der Waals surface area contributed by atoms with Gasteiger partial charge in [0.05, 0.1) is 26.3 Å². The number of hydrogen-bond acceptors (Lipinski definition) is 7. The van der Waals surface area contributed by atoms with E-state index in [9.17, 15) is 9.59 Å². The number of anilines is 1. The van der Waals surface area contributed by atoms with Crippen LogP contribution in [0.3, 0.4) is 0 Å². The van der Waals surface area contributed by atoms with Crippen LogP contribution in [0.5, 0.6) is 0 Å². The first kappa shape index (κ1) is 17.0. The minimum atomic E-state index is -0.533. The van der Waals surface area contributed by atoms with E-state index in [1.54, 1.807) is 6.07 Å². The maximum Gasteiger partial charge on any atom is 0.360 e. The van der Waals surface area contributed by atoms with Gasteiger partial charge in [-0.15, -0.1) is 0 Å². The smallest absolute Gasteiger partial charge is 0.360 e. The van der Waals surface area contributed by atoms with Crippen molar-refractivity contribution >= 4 is 17.6 Å². The molecule has 0 saturated carbocycles. The van der Waals surface area contributed by atoms with E-state index in [1.165, 1.54) is 20.5 Å². The van der Waals surface area contributed by atoms with Gasteiger partial charge in [0.25, 0.3) is 0 Å². The third-order valence-electron chi connectivity index (χ3n) is 4.32. The van der Waals surface area contributed by atoms with Crippen LogP contribution in [-0.2, 0) is 28.9 Å². The summed E-state index contributed by atoms with van der Waals surface area (Å²) in [6, 6.07) is 3.66. The molecule has 7 heteroatoms. The van der Waals surface area contributed by atoms with Gasteiger partial charge in [-0.1, -0.05) is 0 Å². The molecule has 132 valence electrons. The lowest BCUT2D eigenvalue weighted by Crippen LogP contribution is -2.14. The Kier molecular flexibility index (Phi) is 5.02. The van der Waals surface area contributed by atoms with Crippen molar-refractivity contribution in [2.75, 3.05) is 19.5 Å². The lowest BCUT2D eigenvalue weighted by molar-refractivity contribution is 0.0587. The Hall–Kier alpha value is -2.83. The number of nitrogens with zero attached hydrogens (tertiary/aromatic N) is 1. The Balaban J connectivity index is 1.80. The summed E-state index contributed by atoms with van der Waals surface area (Å²) in [5.74, 6) is -0.447. The lowest BCUT2D eigenvalue weighted by Gasteiger charge is -2.22. The Morgan fingerprint density at radius 1 is 1.12 bits per heavy atom. The molecule has 0 atom stereocenters. The number of fused-ring (bicyclic) bond motifs is 1. The van der Waals surface area contributed by atoms with Crippen molar-refractivity contribution in [2.24, 2.45) is 0 Å². The first-order valence-electron chi connectivity index (χ1n) is 8.13. The number of carbonyl (C=O) groups is 2. The van der Waals surface area contributed by atoms with Crippen LogP contribution >= 0.6 is 0 Å². The van der Waals surface area contributed by atoms with E-state index < -0.39 is 5.97 Å². The van der Waals surface area contributed by atoms with E-state index in [1.807, 2.05) is 6.07 Å². The number of hydrogen-bond donors (Lipinski definition) is 1. The van der Waals surface area contributed by atoms with Gasteiger partial charge in [0.2, 0.25) is 5.89 Å². The Morgan fingerprint density at radius 3 is 2.56 bits per heavy atom. The van der Waals surface area contributed by atoms with Gasteiger partial charge < -0.3 is 19.2 Å². The molecular weight excluding hydrogens is 324 g/mol. The fraction of sp³-hybridized carbons (Fsp3) is 0.389. The maximum absolute atomic E-state index is 12.0. The summed E-state index contributed by atoms with van der Waals surface area (Å²) in [7, 11) is 2.69. The van der Waals surface area contributed by atoms with Crippen LogP contribution in [0.1, 0.15) is 50.7 Å². The highest BCUT2D eigenvalue weighted by Gasteiger charge is 2.21. The highest BCUT2D eigenvalue weighted by molar-refractivity contribution is 5.92. The van der Waals surface area contributed by atoms with Crippen molar-refractivity contribution in [1.29, 1.82) is 0 Å². The van der Waals surface area contributed by atoms with Crippen molar-refractivity contribution in [3.63, 3.8) is 0 Å². The van der Waals surface area contributed by atoms with Gasteiger partial charge in [-0.25, -0.2) is 14.6 Å². The largest absolute Gasteiger partial charge is 0.465 e. The number of ether oxygens (including phenoxy) is 2. The number of carbonyl (C=O) groups excluding carboxylic acids is 2. The molecule has 25 heavy (non-hydrogen) atoms. The number of aromatic nitrogens is 1. The standard InChI is InChI=1S/C18H20N2O5/c1-23-17(21)13-7-8-14(12-6-4-3-5-11(12)13)19-9-16-20-15(10-25-16)18(22)24-2/h7-8,10,19H,3-6,9H2,1-2H3. The molecule has 1 aliphatic rings. The predicted octanol–water partition coefficient (Wildman–Crippen LogP) is 2.74. The molecule has 0 aliphatic heterocycles. The Bertz CT molecular complexity index is 797. The molecule has 1 aromatic heterocycles. The normalized spacial score (nSPS) is 13.0. The van der Waals surface area contributed by atoms with Crippen LogP contribution in [0.15, 0.2) is 22.8 Å². The van der Waals surface area contributed by atoms with Gasteiger partial charge >= 0.3 is 11.9 Å². The number of nitrogens with one attached hydrogen (secondary N) is 1. The molecule has 0 fully saturated rings. The van der Waals surface area contributed by atoms with Gasteiger partial charge in [0, 0.05) is 5.69 Å². The number of esters is 2. The second kappa shape index (κ2) is 7.38. The summed E-state index contributed by atoms with van der Waals surface area (Å²) in [6.45, 7) is 0.334. The van der Waals surface area contributed by atoms with E-state index in [0.717, 1.165) is 42.5 Å². The van der Waals surface area contributed by atoms with Gasteiger partial charge in [0.15, 0.2) is 5.69 Å². The van der Waals surface area contributed by atoms with Gasteiger partial charge in [-0.3, -0.25) is 0 Å². The summed E-state index contributed by atoms with van der Waals surface area (Å²) in [5, 5.41) is 3.28. The third kappa shape index (κ3) is 3.50. The second-order valence-electron chi connectivity index (χ2n) is 5.79. The molecule has 0 radical (unpaired) electrons. The van der Waals surface area contributed by atoms with Gasteiger partial charge in [-0.2, -0.15) is 0 Å². The Labute approximate surface area is 145 Å². The molecule has 1 aromatic carbocycles. The summed E-state index contributed by atoms with van der Waals surface area (Å²) in [6.07, 6.45) is 5.18. The summed E-state index contributed by atoms with van der Waals surface area (Å²) in [4.78, 5) is 27.5. The van der Waals surface area contributed by atoms with Crippen LogP contribution in [0.4, 0.5) is 5.69 Å². The minimum Gasteiger partial charge on any atom is -0.465 e. The topological polar surface area (TPSA) is 90.7 Å². The number of oxazole rings is 1. The average molecular weight is 344 g/mol. The highest BCUT2D eigenvalue weighted by Crippen LogP contribution is 2.31. The average Bonchev–Trinajstić information content (AvgIpc) is 3.13. The highest BCUT2D eigenvalue weighted by atomic mass is 16.5. The van der Waals surface area contributed by atoms with E-state index in [-0.39, 0.29) is 11.7 Å². The second-order valence-corrected chi connectivity index (χ2v) is 5.79. The molecule has 1 N–H and O–H groups in total. The lowest BCUT2D eigenvalue weighted by atomic mass is 9.87. The molecule has 0 amide bonds. The zero-order chi connectivity index (χ0) is 17.8. The van der Waals surface area contributed by atoms with Crippen LogP contribution in [0.2, 0.25) is 0 Å². The van der Waals surface area contributed by atoms with E-state index >= 15 is 0 Å². The zero-order valence-corrected chi connectivity index (χ0v) is 14.3. The van der Waals surface area contributed by atoms with Crippen LogP contribution in [0.25, 0.3) is 0 Å². The first-order chi connectivity index (χ1) is 12.1. The van der Waals surface area contributed by atoms with Gasteiger partial charge in [0.1, 0.15) is 6.26 Å². The summed E-state index contributed by atoms with van der Waals surface area (Å²) in [5.41, 5.74) is 3.90. The Morgan fingerprint density at radius 2 is 1.84 bits per heavy atom. The molecule has 3 rings (SSSR count). The molecule has 1 heterocycles. The fourth-order valence-corrected chi connectivity index (χ4v) is 3.10. The van der Waals surface area contributed by atoms with Crippen molar-refractivity contribution < 1.29 is 23.5 Å². The van der Waals surface area contributed by atoms with Crippen molar-refractivity contribution in [3.8, 4) is 0 Å². The zero-order valence-electron chi connectivity index (χ0n) is 14.3. The molecule has 7 nitrogen and oxygen atoms in total. The monoisotopic (exact) mass is 344 g/mol. The van der Waals surface area contributed by atoms with Crippen molar-refractivity contribution in [3.05, 3.63) is 46.7 Å². The predicted molar refractivity (Wildman–Crippen MR) is 89.6 cm³/mol. The number of rotatable bonds is 5. The van der Waals surface area contributed by atoms with Crippen LogP contribution < -0.4 is 5.32 Å². The number of methoxy groups -OCH3 is 2. The third-order valence-corrected chi connectivity index (χ3v) is 4.32. The summed E-state index contributed by atoms with van der Waals surface area (Å²) < 4.78 is 14.8. The molecule has 0 spiro atoms. The van der Waals surface area contributed by atoms with Crippen LogP contribution in [0, 0.1) is 0 Å². The summed E-state index contributed by atoms with van der Waals surface area (Å²) >= 11 is 0. The minimum absolute atomic E-state index is 0.141. The SMILES string of the molecule is COC(=O)c1coc(CNc2ccc(C(=O)OC)c3c2CCCC3)n1. The molecule has 0 saturated heterocycles. The molecule has 0 bridgehead atoms. The van der Waals surface area contributed by atoms with E-state index in [0.29, 0.717) is 18.0 Å². The van der Waals surface area contributed by atoms with E-state index in [4.69, 9.17) is 9.15 Å². The van der Waals surface area contributed by atoms with Crippen molar-refractivity contribution in [2.45, 2.75) is 32.2 Å². The van der Waals surface area contributed by atoms with Gasteiger partial charge in [-0.05, 0) is 48.9 Å². The quantitative estimate of drug-likeness (QED) is 0.834. The molecule has 1 aliphatic carbocycles. The van der Waals surface area contributed by atoms with Crippen molar-refractivity contribution in [1.82, 2.24) is 4.98 Å². The fourth-order valence-electron chi connectivity index (χ4n) is 3.10. The first-order valence-corrected chi connectivity index (χ1v) is 8.13. The maximum atomic E-state index is 12.0. The molecule has 0 unspecified atom stereocenters. The molecular formula is C18H20N2O5. The van der Waals surface area contributed by atoms with E-state index in [2.05, 4.69) is 15.0 Å². The van der Waals surface area contributed by atoms with Crippen LogP contribution in [-0.4, -0.2) is 31.1 Å². The molecule has 2 aromatic rings. The number of benzene rings is 1.